The number of hydrogen-bond donors (Lipinski definition) is 6. The first kappa shape index (κ1) is 37.3. The van der Waals surface area contributed by atoms with E-state index < -0.39 is 11.9 Å². The van der Waals surface area contributed by atoms with Gasteiger partial charge in [-0.25, -0.2) is 5.84 Å². The minimum atomic E-state index is -0.756. The van der Waals surface area contributed by atoms with Gasteiger partial charge in [0, 0.05) is 24.2 Å². The van der Waals surface area contributed by atoms with Crippen LogP contribution < -0.4 is 31.8 Å². The van der Waals surface area contributed by atoms with E-state index in [1.807, 2.05) is 32.8 Å². The largest absolute Gasteiger partial charge is 0.513 e. The molecule has 2 aromatic rings. The molecule has 10 nitrogen and oxygen atoms in total. The van der Waals surface area contributed by atoms with Crippen LogP contribution in [-0.2, 0) is 4.79 Å². The molecule has 39 heavy (non-hydrogen) atoms. The lowest BCUT2D eigenvalue weighted by atomic mass is 10.0. The van der Waals surface area contributed by atoms with Crippen molar-refractivity contribution in [1.82, 2.24) is 10.3 Å². The summed E-state index contributed by atoms with van der Waals surface area (Å²) < 4.78 is 30.6. The lowest BCUT2D eigenvalue weighted by Crippen LogP contribution is -2.37. The summed E-state index contributed by atoms with van der Waals surface area (Å²) in [6.07, 6.45) is 0.667. The Kier molecular flexibility index (Phi) is 21.1. The second-order valence-electron chi connectivity index (χ2n) is 7.79. The number of likely N-dealkylation sites (N-methyl/N-ethyl adjacent to an activating group) is 1. The van der Waals surface area contributed by atoms with Gasteiger partial charge in [-0.05, 0) is 63.0 Å². The number of nitrogens with two attached hydrogens (primary N) is 2. The third-order valence-corrected chi connectivity index (χ3v) is 4.72. The number of hydrogen-bond acceptors (Lipinski definition) is 8. The molecule has 220 valence electrons. The van der Waals surface area contributed by atoms with Gasteiger partial charge in [-0.1, -0.05) is 19.6 Å². The Labute approximate surface area is 230 Å². The number of aliphatic hydroxyl groups is 1. The van der Waals surface area contributed by atoms with E-state index in [2.05, 4.69) is 17.3 Å². The number of halogens is 2. The van der Waals surface area contributed by atoms with Crippen LogP contribution in [0.5, 0.6) is 11.5 Å². The van der Waals surface area contributed by atoms with Gasteiger partial charge in [-0.3, -0.25) is 24.4 Å². The molecule has 0 aromatic heterocycles. The smallest absolute Gasteiger partial charge is 0.261 e. The molecule has 0 fully saturated rings. The zero-order valence-corrected chi connectivity index (χ0v) is 23.7. The van der Waals surface area contributed by atoms with Crippen LogP contribution in [0.15, 0.2) is 54.8 Å². The number of aliphatic hydroxyl groups excluding tert-OH is 1. The van der Waals surface area contributed by atoms with Gasteiger partial charge in [-0.15, -0.1) is 0 Å². The van der Waals surface area contributed by atoms with Gasteiger partial charge in [-0.2, -0.15) is 0 Å². The first-order valence-electron chi connectivity index (χ1n) is 12.0. The zero-order chi connectivity index (χ0) is 30.4. The Morgan fingerprint density at radius 1 is 1.08 bits per heavy atom. The summed E-state index contributed by atoms with van der Waals surface area (Å²) in [6, 6.07) is 11.5. The number of benzene rings is 2. The monoisotopic (exact) mass is 554 g/mol. The van der Waals surface area contributed by atoms with Crippen molar-refractivity contribution in [3.8, 4) is 11.5 Å². The molecule has 12 heteroatoms. The number of amides is 1. The van der Waals surface area contributed by atoms with Crippen molar-refractivity contribution < 1.29 is 28.2 Å². The van der Waals surface area contributed by atoms with Crippen LogP contribution in [0.1, 0.15) is 37.4 Å². The number of nitrogen functional groups attached to an aromatic ring is 1. The fourth-order valence-electron chi connectivity index (χ4n) is 2.73. The first-order chi connectivity index (χ1) is 18.6. The van der Waals surface area contributed by atoms with E-state index in [-0.39, 0.29) is 11.6 Å². The maximum Gasteiger partial charge on any atom is 0.261 e. The lowest BCUT2D eigenvalue weighted by molar-refractivity contribution is -0.122. The second-order valence-corrected chi connectivity index (χ2v) is 7.79. The number of allylic oxidation sites excluding steroid dienone is 1. The fourth-order valence-corrected chi connectivity index (χ4v) is 2.73. The quantitative estimate of drug-likeness (QED) is 0.0571. The van der Waals surface area contributed by atoms with E-state index in [4.69, 9.17) is 31.6 Å². The van der Waals surface area contributed by atoms with Crippen molar-refractivity contribution in [2.45, 2.75) is 26.3 Å². The van der Waals surface area contributed by atoms with Gasteiger partial charge in [0.1, 0.15) is 18.5 Å². The number of nitrogens with zero attached hydrogens (tertiary/aromatic N) is 1. The van der Waals surface area contributed by atoms with Crippen LogP contribution >= 0.6 is 0 Å². The number of hydrazine groups is 1. The molecule has 0 radical (unpaired) electrons. The molecule has 0 spiro atoms. The molecule has 1 amide bonds. The van der Waals surface area contributed by atoms with Gasteiger partial charge < -0.3 is 30.5 Å². The number of alkyl halides is 2. The molecule has 0 saturated heterocycles. The number of rotatable bonds is 12. The topological polar surface area (TPSA) is 159 Å². The molecular formula is C27H44F2N6O4. The van der Waals surface area contributed by atoms with Gasteiger partial charge in [0.2, 0.25) is 0 Å². The normalized spacial score (nSPS) is 10.2. The van der Waals surface area contributed by atoms with Crippen molar-refractivity contribution in [2.24, 2.45) is 11.6 Å². The predicted molar refractivity (Wildman–Crippen MR) is 154 cm³/mol. The number of anilines is 1. The van der Waals surface area contributed by atoms with Crippen molar-refractivity contribution in [3.63, 3.8) is 0 Å². The van der Waals surface area contributed by atoms with Gasteiger partial charge in [0.15, 0.2) is 11.5 Å². The zero-order valence-electron chi connectivity index (χ0n) is 23.7. The average molecular weight is 555 g/mol. The highest BCUT2D eigenvalue weighted by atomic mass is 19.1. The highest BCUT2D eigenvalue weighted by molar-refractivity contribution is 5.95. The number of nitrogens with one attached hydrogen (secondary N) is 3. The van der Waals surface area contributed by atoms with Crippen molar-refractivity contribution in [1.29, 1.82) is 5.41 Å². The molecule has 0 bridgehead atoms. The maximum absolute atomic E-state index is 12.5. The number of ether oxygens (including phenoxy) is 2. The van der Waals surface area contributed by atoms with E-state index in [1.54, 1.807) is 42.5 Å². The van der Waals surface area contributed by atoms with E-state index in [0.717, 1.165) is 6.54 Å². The Morgan fingerprint density at radius 2 is 1.64 bits per heavy atom. The fraction of sp³-hybridized carbons (Fsp3) is 0.407. The molecule has 2 aromatic carbocycles. The SMILES string of the molecule is C=C(O)CC.CCOc1cc(C(Nc2ccc(C(=N)N)cc2)C(=O)NN)ccc1OCCN(C)C.CF.CF. The average Bonchev–Trinajstić information content (AvgIpc) is 2.94. The molecule has 0 aliphatic heterocycles. The molecule has 1 atom stereocenters. The van der Waals surface area contributed by atoms with Gasteiger partial charge >= 0.3 is 0 Å². The Balaban J connectivity index is 0. The van der Waals surface area contributed by atoms with E-state index in [0.29, 0.717) is 62.3 Å². The molecule has 1 unspecified atom stereocenters. The van der Waals surface area contributed by atoms with Crippen LogP contribution in [0.25, 0.3) is 0 Å². The van der Waals surface area contributed by atoms with Gasteiger partial charge in [0.05, 0.1) is 26.7 Å². The van der Waals surface area contributed by atoms with Crippen LogP contribution in [0, 0.1) is 5.41 Å². The van der Waals surface area contributed by atoms with Crippen LogP contribution in [0.2, 0.25) is 0 Å². The standard InChI is InChI=1S/C21H30N6O3.C4H8O.2CH3F/c1-4-29-18-13-15(7-10-17(18)30-12-11-27(2)3)19(21(28)26-24)25-16-8-5-14(6-9-16)20(22)23;1-3-4(2)5;2*1-2/h5-10,13,19,25H,4,11-12,24H2,1-3H3,(H3,22,23)(H,26,28);5H,2-3H2,1H3;2*1H3. The summed E-state index contributed by atoms with van der Waals surface area (Å²) in [5.74, 6) is 6.39. The summed E-state index contributed by atoms with van der Waals surface area (Å²) >= 11 is 0. The Morgan fingerprint density at radius 3 is 2.08 bits per heavy atom. The number of carbonyl (C=O) groups is 1. The molecule has 0 aliphatic carbocycles. The Bertz CT molecular complexity index is 975. The van der Waals surface area contributed by atoms with Crippen LogP contribution in [-0.4, -0.2) is 70.0 Å². The molecular weight excluding hydrogens is 510 g/mol. The molecule has 8 N–H and O–H groups in total. The van der Waals surface area contributed by atoms with Gasteiger partial charge in [0.25, 0.3) is 5.91 Å². The van der Waals surface area contributed by atoms with Crippen LogP contribution in [0.3, 0.4) is 0 Å². The third kappa shape index (κ3) is 15.2. The molecule has 2 rings (SSSR count). The molecule has 0 saturated carbocycles. The van der Waals surface area contributed by atoms with E-state index >= 15 is 0 Å². The highest BCUT2D eigenvalue weighted by Gasteiger charge is 2.22. The number of amidine groups is 1. The first-order valence-corrected chi connectivity index (χ1v) is 12.0. The van der Waals surface area contributed by atoms with Crippen molar-refractivity contribution in [3.05, 3.63) is 65.9 Å². The minimum Gasteiger partial charge on any atom is -0.513 e. The highest BCUT2D eigenvalue weighted by Crippen LogP contribution is 2.32. The minimum absolute atomic E-state index is 0.0241. The molecule has 0 aliphatic rings. The summed E-state index contributed by atoms with van der Waals surface area (Å²) in [5.41, 5.74) is 9.62. The van der Waals surface area contributed by atoms with E-state index in [9.17, 15) is 13.6 Å². The summed E-state index contributed by atoms with van der Waals surface area (Å²) in [7, 11) is 4.95. The molecule has 0 heterocycles. The second kappa shape index (κ2) is 22.1. The van der Waals surface area contributed by atoms with Crippen molar-refractivity contribution in [2.75, 3.05) is 53.5 Å². The maximum atomic E-state index is 12.5. The summed E-state index contributed by atoms with van der Waals surface area (Å²) in [6.45, 7) is 8.70. The van der Waals surface area contributed by atoms with E-state index in [1.165, 1.54) is 0 Å². The third-order valence-electron chi connectivity index (χ3n) is 4.72. The van der Waals surface area contributed by atoms with Crippen molar-refractivity contribution >= 4 is 17.4 Å². The van der Waals surface area contributed by atoms with Crippen LogP contribution in [0.4, 0.5) is 14.5 Å². The lowest BCUT2D eigenvalue weighted by Gasteiger charge is -2.21. The summed E-state index contributed by atoms with van der Waals surface area (Å²) in [4.78, 5) is 14.5. The number of carbonyl (C=O) groups excluding carboxylic acids is 1. The Hall–Kier alpha value is -3.90. The summed E-state index contributed by atoms with van der Waals surface area (Å²) in [5, 5.41) is 18.8. The predicted octanol–water partition coefficient (Wildman–Crippen LogP) is 4.09.